The third-order valence-electron chi connectivity index (χ3n) is 8.59. The second-order valence-electron chi connectivity index (χ2n) is 9.71. The minimum atomic E-state index is -0.487. The van der Waals surface area contributed by atoms with E-state index < -0.39 is 6.10 Å². The fraction of sp³-hybridized carbons (Fsp3) is 0.905. The first-order chi connectivity index (χ1) is 11.3. The van der Waals surface area contributed by atoms with E-state index >= 15 is 0 Å². The minimum Gasteiger partial charge on any atom is -0.455 e. The molecule has 4 fully saturated rings. The van der Waals surface area contributed by atoms with Crippen LogP contribution in [0.25, 0.3) is 0 Å². The zero-order chi connectivity index (χ0) is 17.1. The molecule has 4 aliphatic rings. The van der Waals surface area contributed by atoms with E-state index in [1.807, 2.05) is 0 Å². The molecule has 3 heteroatoms. The average Bonchev–Trinajstić information content (AvgIpc) is 2.90. The summed E-state index contributed by atoms with van der Waals surface area (Å²) in [5, 5.41) is 0. The van der Waals surface area contributed by atoms with Crippen LogP contribution in [0.2, 0.25) is 0 Å². The van der Waals surface area contributed by atoms with Crippen LogP contribution in [0.4, 0.5) is 0 Å². The van der Waals surface area contributed by atoms with Crippen molar-refractivity contribution in [3.8, 4) is 0 Å². The Labute approximate surface area is 145 Å². The number of carbonyl (C=O) groups excluding carboxylic acids is 2. The van der Waals surface area contributed by atoms with Gasteiger partial charge in [0.05, 0.1) is 0 Å². The monoisotopic (exact) mass is 332 g/mol. The summed E-state index contributed by atoms with van der Waals surface area (Å²) < 4.78 is 5.42. The van der Waals surface area contributed by atoms with E-state index in [0.717, 1.165) is 24.2 Å². The molecule has 0 aliphatic heterocycles. The highest BCUT2D eigenvalue weighted by Crippen LogP contribution is 2.66. The summed E-state index contributed by atoms with van der Waals surface area (Å²) >= 11 is 0. The van der Waals surface area contributed by atoms with Crippen LogP contribution in [-0.4, -0.2) is 17.9 Å². The van der Waals surface area contributed by atoms with E-state index in [2.05, 4.69) is 13.8 Å². The molecule has 4 aliphatic carbocycles. The van der Waals surface area contributed by atoms with Gasteiger partial charge in [-0.2, -0.15) is 0 Å². The van der Waals surface area contributed by atoms with Gasteiger partial charge in [-0.05, 0) is 79.4 Å². The van der Waals surface area contributed by atoms with E-state index in [1.54, 1.807) is 0 Å². The molecule has 0 saturated heterocycles. The quantitative estimate of drug-likeness (QED) is 0.663. The lowest BCUT2D eigenvalue weighted by Gasteiger charge is -2.60. The number of fused-ring (bicyclic) bond motifs is 5. The van der Waals surface area contributed by atoms with Crippen LogP contribution in [0, 0.1) is 34.5 Å². The third kappa shape index (κ3) is 2.37. The van der Waals surface area contributed by atoms with Gasteiger partial charge >= 0.3 is 5.97 Å². The minimum absolute atomic E-state index is 0.160. The number of rotatable bonds is 1. The first kappa shape index (κ1) is 16.6. The van der Waals surface area contributed by atoms with E-state index in [9.17, 15) is 9.59 Å². The fourth-order valence-electron chi connectivity index (χ4n) is 7.38. The number of esters is 1. The lowest BCUT2D eigenvalue weighted by molar-refractivity contribution is -0.170. The smallest absolute Gasteiger partial charge is 0.303 e. The van der Waals surface area contributed by atoms with Crippen LogP contribution in [-0.2, 0) is 14.3 Å². The summed E-state index contributed by atoms with van der Waals surface area (Å²) in [6.07, 6.45) is 10.3. The Morgan fingerprint density at radius 2 is 1.88 bits per heavy atom. The maximum atomic E-state index is 12.4. The summed E-state index contributed by atoms with van der Waals surface area (Å²) in [5.41, 5.74) is 0.755. The van der Waals surface area contributed by atoms with E-state index in [4.69, 9.17) is 4.74 Å². The Bertz CT molecular complexity index is 555. The van der Waals surface area contributed by atoms with Crippen molar-refractivity contribution in [2.24, 2.45) is 34.5 Å². The Balaban J connectivity index is 1.61. The van der Waals surface area contributed by atoms with Gasteiger partial charge in [0.25, 0.3) is 0 Å². The molecule has 4 rings (SSSR count). The van der Waals surface area contributed by atoms with Gasteiger partial charge in [0.2, 0.25) is 0 Å². The van der Waals surface area contributed by atoms with Crippen LogP contribution in [0.1, 0.15) is 78.6 Å². The van der Waals surface area contributed by atoms with Crippen molar-refractivity contribution in [2.45, 2.75) is 84.7 Å². The van der Waals surface area contributed by atoms with Crippen molar-refractivity contribution < 1.29 is 14.3 Å². The highest BCUT2D eigenvalue weighted by molar-refractivity contribution is 5.86. The van der Waals surface area contributed by atoms with E-state index in [-0.39, 0.29) is 17.2 Å². The zero-order valence-corrected chi connectivity index (χ0v) is 15.5. The van der Waals surface area contributed by atoms with Crippen molar-refractivity contribution in [1.29, 1.82) is 0 Å². The maximum absolute atomic E-state index is 12.4. The average molecular weight is 332 g/mol. The van der Waals surface area contributed by atoms with Gasteiger partial charge < -0.3 is 4.74 Å². The Hall–Kier alpha value is -0.860. The molecule has 3 nitrogen and oxygen atoms in total. The summed E-state index contributed by atoms with van der Waals surface area (Å²) in [4.78, 5) is 23.9. The van der Waals surface area contributed by atoms with Gasteiger partial charge in [0, 0.05) is 13.3 Å². The number of ether oxygens (including phenoxy) is 1. The number of ketones is 1. The normalized spacial score (nSPS) is 50.6. The van der Waals surface area contributed by atoms with E-state index in [0.29, 0.717) is 17.8 Å². The zero-order valence-electron chi connectivity index (χ0n) is 15.5. The Kier molecular flexibility index (Phi) is 3.85. The first-order valence-electron chi connectivity index (χ1n) is 10.0. The number of hydrogen-bond acceptors (Lipinski definition) is 3. The summed E-state index contributed by atoms with van der Waals surface area (Å²) in [6, 6.07) is 0. The third-order valence-corrected chi connectivity index (χ3v) is 8.59. The van der Waals surface area contributed by atoms with Crippen molar-refractivity contribution >= 4 is 11.8 Å². The van der Waals surface area contributed by atoms with Crippen LogP contribution >= 0.6 is 0 Å². The molecule has 0 aromatic carbocycles. The molecule has 0 aromatic heterocycles. The second kappa shape index (κ2) is 5.57. The molecular weight excluding hydrogens is 300 g/mol. The summed E-state index contributed by atoms with van der Waals surface area (Å²) in [7, 11) is 0. The molecule has 134 valence electrons. The van der Waals surface area contributed by atoms with Gasteiger partial charge in [-0.3, -0.25) is 9.59 Å². The molecule has 0 aromatic rings. The second-order valence-corrected chi connectivity index (χ2v) is 9.71. The number of Topliss-reactive ketones (excluding diaryl/α,β-unsaturated/α-hetero) is 1. The number of hydrogen-bond donors (Lipinski definition) is 0. The van der Waals surface area contributed by atoms with E-state index in [1.165, 1.54) is 51.9 Å². The molecule has 0 N–H and O–H groups in total. The largest absolute Gasteiger partial charge is 0.455 e. The molecule has 4 saturated carbocycles. The molecule has 7 atom stereocenters. The van der Waals surface area contributed by atoms with Crippen LogP contribution in [0.5, 0.6) is 0 Å². The lowest BCUT2D eigenvalue weighted by Crippen LogP contribution is -2.55. The SMILES string of the molecule is CC(=O)O[C@@H]1C[C@]2(C)C3CC[C@]4(C)CCC[C@H]4C3CC[C@H]2CC1=O. The van der Waals surface area contributed by atoms with Crippen molar-refractivity contribution in [3.05, 3.63) is 0 Å². The van der Waals surface area contributed by atoms with Gasteiger partial charge in [0.15, 0.2) is 11.9 Å². The molecule has 0 spiro atoms. The van der Waals surface area contributed by atoms with Gasteiger partial charge in [0.1, 0.15) is 0 Å². The lowest BCUT2D eigenvalue weighted by atomic mass is 9.45. The Morgan fingerprint density at radius 3 is 2.62 bits per heavy atom. The Morgan fingerprint density at radius 1 is 1.08 bits per heavy atom. The van der Waals surface area contributed by atoms with Gasteiger partial charge in [-0.15, -0.1) is 0 Å². The highest BCUT2D eigenvalue weighted by atomic mass is 16.5. The molecule has 0 radical (unpaired) electrons. The molecule has 0 heterocycles. The fourth-order valence-corrected chi connectivity index (χ4v) is 7.38. The molecule has 24 heavy (non-hydrogen) atoms. The molecular formula is C21H32O3. The summed E-state index contributed by atoms with van der Waals surface area (Å²) in [6.45, 7) is 6.37. The van der Waals surface area contributed by atoms with Crippen molar-refractivity contribution in [3.63, 3.8) is 0 Å². The van der Waals surface area contributed by atoms with Gasteiger partial charge in [-0.1, -0.05) is 20.3 Å². The molecule has 2 unspecified atom stereocenters. The molecule has 0 bridgehead atoms. The van der Waals surface area contributed by atoms with Crippen LogP contribution in [0.15, 0.2) is 0 Å². The first-order valence-corrected chi connectivity index (χ1v) is 10.0. The van der Waals surface area contributed by atoms with Gasteiger partial charge in [-0.25, -0.2) is 0 Å². The maximum Gasteiger partial charge on any atom is 0.303 e. The predicted octanol–water partition coefficient (Wildman–Crippen LogP) is 4.53. The summed E-state index contributed by atoms with van der Waals surface area (Å²) in [5.74, 6) is 2.79. The standard InChI is InChI=1S/C21H32O3/c1-13(22)24-19-12-21(3)14(11-18(19)23)6-7-15-16-5-4-9-20(16,2)10-8-17(15)21/h14-17,19H,4-12H2,1-3H3/t14-,15?,16-,17?,19+,20-,21-/m0/s1. The van der Waals surface area contributed by atoms with Crippen molar-refractivity contribution in [2.75, 3.05) is 0 Å². The predicted molar refractivity (Wildman–Crippen MR) is 92.3 cm³/mol. The molecule has 0 amide bonds. The van der Waals surface area contributed by atoms with Crippen LogP contribution in [0.3, 0.4) is 0 Å². The van der Waals surface area contributed by atoms with Crippen molar-refractivity contribution in [1.82, 2.24) is 0 Å². The van der Waals surface area contributed by atoms with Crippen LogP contribution < -0.4 is 0 Å². The highest BCUT2D eigenvalue weighted by Gasteiger charge is 2.59. The number of carbonyl (C=O) groups is 2. The topological polar surface area (TPSA) is 43.4 Å².